The molecule has 4 bridgehead atoms. The molecule has 0 saturated heterocycles. The molecule has 10 rings (SSSR count). The van der Waals surface area contributed by atoms with E-state index in [1.54, 1.807) is 79.4 Å². The van der Waals surface area contributed by atoms with Crippen LogP contribution in [0.3, 0.4) is 0 Å². The summed E-state index contributed by atoms with van der Waals surface area (Å²) in [6.45, 7) is 6.68. The molecule has 414 valence electrons. The molecule has 3 atom stereocenters. The topological polar surface area (TPSA) is 253 Å². The van der Waals surface area contributed by atoms with Gasteiger partial charge in [-0.1, -0.05) is 80.1 Å². The van der Waals surface area contributed by atoms with E-state index in [0.717, 1.165) is 66.3 Å². The molecule has 4 fully saturated rings. The minimum absolute atomic E-state index is 0.121. The van der Waals surface area contributed by atoms with Gasteiger partial charge in [0.15, 0.2) is 11.8 Å². The molecule has 4 aliphatic carbocycles. The second kappa shape index (κ2) is 25.1. The molecule has 0 spiro atoms. The van der Waals surface area contributed by atoms with Crippen LogP contribution in [0.4, 0.5) is 18.0 Å². The minimum Gasteiger partial charge on any atom is -0.466 e. The number of alkyl halides is 3. The number of aliphatic hydroxyl groups is 1. The summed E-state index contributed by atoms with van der Waals surface area (Å²) in [5.41, 5.74) is 7.23. The van der Waals surface area contributed by atoms with E-state index in [0.29, 0.717) is 51.7 Å². The van der Waals surface area contributed by atoms with Crippen LogP contribution in [0.2, 0.25) is 0 Å². The van der Waals surface area contributed by atoms with Gasteiger partial charge in [0.25, 0.3) is 23.6 Å². The van der Waals surface area contributed by atoms with Crippen LogP contribution < -0.4 is 32.2 Å². The average Bonchev–Trinajstić information content (AvgIpc) is 3.97. The van der Waals surface area contributed by atoms with Crippen molar-refractivity contribution in [1.82, 2.24) is 36.8 Å². The number of amides is 6. The van der Waals surface area contributed by atoms with Crippen molar-refractivity contribution < 1.29 is 61.9 Å². The number of aryl methyl sites for hydroxylation is 3. The molecule has 2 aromatic heterocycles. The van der Waals surface area contributed by atoms with Gasteiger partial charge in [0.1, 0.15) is 23.8 Å². The molecule has 1 unspecified atom stereocenters. The van der Waals surface area contributed by atoms with Gasteiger partial charge in [-0.2, -0.15) is 13.2 Å². The summed E-state index contributed by atoms with van der Waals surface area (Å²) in [5.74, 6) is 0.836. The molecule has 6 amide bonds. The molecule has 0 aliphatic heterocycles. The monoisotopic (exact) mass is 1080 g/mol. The predicted octanol–water partition coefficient (Wildman–Crippen LogP) is 9.81. The number of hydroxylamine groups is 2. The Kier molecular flexibility index (Phi) is 18.6. The van der Waals surface area contributed by atoms with Crippen LogP contribution in [0, 0.1) is 31.6 Å². The number of Topliss-reactive ketones (excluding diaryl/α,β-unsaturated/α-hetero) is 1. The SMILES string of the molecule is CCC[C@@H](NC(=O)c1cc2ccccc2n1C)c1ccc(C(=O)NO)cc1.Cc1cc(C(=O)NC(C)c2cccc(C(=O)NO)c2)c(C)o1.O=C(N[C@H](c1ccc(C(=O)CO)cc1)C(F)(F)F)NC12CC3CC(CC(C3)C1)C2. The van der Waals surface area contributed by atoms with E-state index >= 15 is 0 Å². The number of aromatic nitrogens is 1. The second-order valence-electron chi connectivity index (χ2n) is 20.6. The Morgan fingerprint density at radius 1 is 0.692 bits per heavy atom. The smallest absolute Gasteiger partial charge is 0.412 e. The third kappa shape index (κ3) is 14.0. The van der Waals surface area contributed by atoms with Gasteiger partial charge < -0.3 is 35.4 Å². The molecular formula is C58H66F3N7O10. The lowest BCUT2D eigenvalue weighted by Gasteiger charge is -2.56. The average molecular weight is 1080 g/mol. The Morgan fingerprint density at radius 3 is 1.83 bits per heavy atom. The number of carbonyl (C=O) groups excluding carboxylic acids is 6. The van der Waals surface area contributed by atoms with Gasteiger partial charge >= 0.3 is 12.2 Å². The number of nitrogens with zero attached hydrogens (tertiary/aromatic N) is 1. The van der Waals surface area contributed by atoms with Gasteiger partial charge in [-0.05, 0) is 143 Å². The number of nitrogens with one attached hydrogen (secondary N) is 6. The van der Waals surface area contributed by atoms with Gasteiger partial charge in [-0.3, -0.25) is 34.4 Å². The molecule has 2 heterocycles. The Balaban J connectivity index is 0.000000171. The summed E-state index contributed by atoms with van der Waals surface area (Å²) in [6, 6.07) is 26.3. The van der Waals surface area contributed by atoms with E-state index in [1.807, 2.05) is 48.9 Å². The largest absolute Gasteiger partial charge is 0.466 e. The van der Waals surface area contributed by atoms with Crippen molar-refractivity contribution in [3.05, 3.63) is 165 Å². The van der Waals surface area contributed by atoms with E-state index in [9.17, 15) is 41.9 Å². The van der Waals surface area contributed by atoms with Gasteiger partial charge in [-0.25, -0.2) is 15.8 Å². The number of ketones is 1. The van der Waals surface area contributed by atoms with E-state index in [-0.39, 0.29) is 40.6 Å². The van der Waals surface area contributed by atoms with Gasteiger partial charge in [0.05, 0.1) is 17.6 Å². The first-order valence-electron chi connectivity index (χ1n) is 25.9. The number of furan rings is 1. The summed E-state index contributed by atoms with van der Waals surface area (Å²) in [6.07, 6.45) is 3.07. The lowest BCUT2D eigenvalue weighted by Crippen LogP contribution is -2.62. The maximum absolute atomic E-state index is 13.6. The number of rotatable bonds is 15. The second-order valence-corrected chi connectivity index (χ2v) is 20.6. The highest BCUT2D eigenvalue weighted by Crippen LogP contribution is 2.55. The fourth-order valence-electron chi connectivity index (χ4n) is 11.5. The Labute approximate surface area is 449 Å². The quantitative estimate of drug-likeness (QED) is 0.0267. The number of hydrogen-bond acceptors (Lipinski definition) is 10. The maximum atomic E-state index is 13.6. The molecule has 9 N–H and O–H groups in total. The van der Waals surface area contributed by atoms with Crippen molar-refractivity contribution in [3.63, 3.8) is 0 Å². The number of halogens is 3. The standard InChI is InChI=1S/C21H25F3N2O3.C21H23N3O3.C16H18N2O4/c22-21(23,24)18(16-3-1-15(2-4-16)17(28)11-27)25-19(29)26-20-8-12-5-13(9-20)7-14(6-12)10-20;1-3-6-17(14-9-11-15(12-10-14)20(25)23-27)22-21(26)19-13-16-7-4-5-8-18(16)24(19)2;1-9-7-14(11(3)22-9)16(20)17-10(2)12-5-4-6-13(8-12)15(19)18-21/h1-4,12-14,18,27H,5-11H2,(H2,25,26,29);4-5,7-13,17,27H,3,6H2,1-2H3,(H,22,26)(H,23,25);4-8,10,21H,1-3H3,(H,17,20)(H,18,19)/t12?,13?,14?,18-,20?;17-;/m11./s1. The van der Waals surface area contributed by atoms with Crippen LogP contribution in [0.25, 0.3) is 10.9 Å². The highest BCUT2D eigenvalue weighted by molar-refractivity contribution is 5.99. The Morgan fingerprint density at radius 2 is 1.28 bits per heavy atom. The number of carbonyl (C=O) groups is 6. The summed E-state index contributed by atoms with van der Waals surface area (Å²) in [7, 11) is 1.88. The molecule has 6 aromatic rings. The van der Waals surface area contributed by atoms with Crippen molar-refractivity contribution in [3.8, 4) is 0 Å². The summed E-state index contributed by atoms with van der Waals surface area (Å²) in [5, 5.41) is 38.2. The number of urea groups is 1. The Hall–Kier alpha value is -7.81. The predicted molar refractivity (Wildman–Crippen MR) is 283 cm³/mol. The summed E-state index contributed by atoms with van der Waals surface area (Å²) >= 11 is 0. The van der Waals surface area contributed by atoms with Crippen LogP contribution >= 0.6 is 0 Å². The fraction of sp³-hybridized carbons (Fsp3) is 0.379. The number of benzene rings is 4. The van der Waals surface area contributed by atoms with Crippen LogP contribution in [-0.4, -0.2) is 73.9 Å². The zero-order valence-electron chi connectivity index (χ0n) is 44.0. The minimum atomic E-state index is -4.68. The molecule has 17 nitrogen and oxygen atoms in total. The number of hydrogen-bond donors (Lipinski definition) is 9. The molecule has 4 aliphatic rings. The third-order valence-corrected chi connectivity index (χ3v) is 14.9. The highest BCUT2D eigenvalue weighted by atomic mass is 19.4. The molecule has 78 heavy (non-hydrogen) atoms. The van der Waals surface area contributed by atoms with E-state index in [1.165, 1.54) is 31.4 Å². The molecular weight excluding hydrogens is 1010 g/mol. The maximum Gasteiger partial charge on any atom is 0.412 e. The van der Waals surface area contributed by atoms with Crippen LogP contribution in [0.15, 0.2) is 114 Å². The van der Waals surface area contributed by atoms with E-state index < -0.39 is 42.5 Å². The number of fused-ring (bicyclic) bond motifs is 1. The lowest BCUT2D eigenvalue weighted by molar-refractivity contribution is -0.155. The molecule has 4 saturated carbocycles. The fourth-order valence-corrected chi connectivity index (χ4v) is 11.5. The van der Waals surface area contributed by atoms with Crippen LogP contribution in [-0.2, 0) is 7.05 Å². The van der Waals surface area contributed by atoms with Gasteiger partial charge in [0, 0.05) is 40.2 Å². The number of aliphatic hydroxyl groups excluding tert-OH is 1. The Bertz CT molecular complexity index is 3080. The third-order valence-electron chi connectivity index (χ3n) is 14.9. The van der Waals surface area contributed by atoms with Crippen LogP contribution in [0.1, 0.15) is 163 Å². The van der Waals surface area contributed by atoms with Gasteiger partial charge in [0.2, 0.25) is 0 Å². The first-order valence-corrected chi connectivity index (χ1v) is 25.9. The summed E-state index contributed by atoms with van der Waals surface area (Å²) < 4.78 is 48.2. The van der Waals surface area contributed by atoms with E-state index in [4.69, 9.17) is 19.9 Å². The first-order chi connectivity index (χ1) is 37.1. The summed E-state index contributed by atoms with van der Waals surface area (Å²) in [4.78, 5) is 72.1. The van der Waals surface area contributed by atoms with Crippen molar-refractivity contribution in [2.24, 2.45) is 24.8 Å². The van der Waals surface area contributed by atoms with E-state index in [2.05, 4.69) is 28.2 Å². The lowest BCUT2D eigenvalue weighted by atomic mass is 9.53. The van der Waals surface area contributed by atoms with Crippen LogP contribution in [0.5, 0.6) is 0 Å². The van der Waals surface area contributed by atoms with Gasteiger partial charge in [-0.15, -0.1) is 0 Å². The molecule has 4 aromatic carbocycles. The van der Waals surface area contributed by atoms with Crippen molar-refractivity contribution >= 4 is 46.3 Å². The normalized spacial score (nSPS) is 19.1. The van der Waals surface area contributed by atoms with Crippen molar-refractivity contribution in [2.45, 2.75) is 109 Å². The zero-order valence-corrected chi connectivity index (χ0v) is 44.0. The van der Waals surface area contributed by atoms with Crippen molar-refractivity contribution in [2.75, 3.05) is 6.61 Å². The molecule has 20 heteroatoms. The number of para-hydroxylation sites is 1. The first kappa shape index (κ1) is 57.9. The highest BCUT2D eigenvalue weighted by Gasteiger charge is 2.52. The zero-order chi connectivity index (χ0) is 56.5. The molecule has 0 radical (unpaired) electrons. The van der Waals surface area contributed by atoms with Crippen molar-refractivity contribution in [1.29, 1.82) is 0 Å².